The molecule has 4 heteroatoms. The quantitative estimate of drug-likeness (QED) is 0.842. The van der Waals surface area contributed by atoms with E-state index in [0.29, 0.717) is 19.4 Å². The largest absolute Gasteiger partial charge is 0.388 e. The van der Waals surface area contributed by atoms with Crippen molar-refractivity contribution in [3.63, 3.8) is 0 Å². The summed E-state index contributed by atoms with van der Waals surface area (Å²) in [5, 5.41) is 12.6. The molecular weight excluding hydrogens is 306 g/mol. The van der Waals surface area contributed by atoms with Crippen molar-refractivity contribution in [1.82, 2.24) is 5.32 Å². The molecule has 0 saturated heterocycles. The SMILES string of the molecule is CCC(C)(O)CNC(=O)CC(C)c1ccc(Br)cc1. The van der Waals surface area contributed by atoms with E-state index in [4.69, 9.17) is 0 Å². The van der Waals surface area contributed by atoms with Crippen molar-refractivity contribution in [1.29, 1.82) is 0 Å². The first-order valence-corrected chi connectivity index (χ1v) is 7.38. The predicted molar refractivity (Wildman–Crippen MR) is 81.1 cm³/mol. The van der Waals surface area contributed by atoms with E-state index in [-0.39, 0.29) is 11.8 Å². The van der Waals surface area contributed by atoms with E-state index in [1.807, 2.05) is 38.1 Å². The Balaban J connectivity index is 2.46. The fourth-order valence-corrected chi connectivity index (χ4v) is 1.94. The molecule has 19 heavy (non-hydrogen) atoms. The standard InChI is InChI=1S/C15H22BrNO2/c1-4-15(3,19)10-17-14(18)9-11(2)12-5-7-13(16)8-6-12/h5-8,11,19H,4,9-10H2,1-3H3,(H,17,18). The Bertz CT molecular complexity index is 415. The van der Waals surface area contributed by atoms with Gasteiger partial charge in [-0.15, -0.1) is 0 Å². The lowest BCUT2D eigenvalue weighted by molar-refractivity contribution is -0.122. The number of hydrogen-bond donors (Lipinski definition) is 2. The van der Waals surface area contributed by atoms with Gasteiger partial charge in [0.05, 0.1) is 5.60 Å². The average Bonchev–Trinajstić information content (AvgIpc) is 2.37. The summed E-state index contributed by atoms with van der Waals surface area (Å²) in [5.41, 5.74) is 0.317. The Morgan fingerprint density at radius 1 is 1.42 bits per heavy atom. The lowest BCUT2D eigenvalue weighted by Gasteiger charge is -2.22. The topological polar surface area (TPSA) is 49.3 Å². The van der Waals surface area contributed by atoms with Gasteiger partial charge in [-0.3, -0.25) is 4.79 Å². The van der Waals surface area contributed by atoms with Gasteiger partial charge in [0, 0.05) is 17.4 Å². The van der Waals surface area contributed by atoms with E-state index >= 15 is 0 Å². The average molecular weight is 328 g/mol. The maximum Gasteiger partial charge on any atom is 0.220 e. The first-order chi connectivity index (χ1) is 8.84. The summed E-state index contributed by atoms with van der Waals surface area (Å²) in [6.07, 6.45) is 1.05. The molecule has 2 atom stereocenters. The molecule has 0 aliphatic heterocycles. The van der Waals surface area contributed by atoms with Gasteiger partial charge in [0.25, 0.3) is 0 Å². The number of carbonyl (C=O) groups excluding carboxylic acids is 1. The van der Waals surface area contributed by atoms with Crippen LogP contribution in [0.25, 0.3) is 0 Å². The Hall–Kier alpha value is -0.870. The zero-order chi connectivity index (χ0) is 14.5. The van der Waals surface area contributed by atoms with Crippen molar-refractivity contribution in [2.45, 2.75) is 45.1 Å². The van der Waals surface area contributed by atoms with E-state index in [1.165, 1.54) is 0 Å². The molecule has 1 amide bonds. The summed E-state index contributed by atoms with van der Waals surface area (Å²) in [6, 6.07) is 7.99. The zero-order valence-electron chi connectivity index (χ0n) is 11.7. The van der Waals surface area contributed by atoms with Crippen molar-refractivity contribution < 1.29 is 9.90 Å². The van der Waals surface area contributed by atoms with Crippen LogP contribution in [-0.4, -0.2) is 23.2 Å². The van der Waals surface area contributed by atoms with Gasteiger partial charge in [-0.25, -0.2) is 0 Å². The Morgan fingerprint density at radius 3 is 2.53 bits per heavy atom. The highest BCUT2D eigenvalue weighted by molar-refractivity contribution is 9.10. The molecular formula is C15H22BrNO2. The molecule has 1 aromatic carbocycles. The number of hydrogen-bond acceptors (Lipinski definition) is 2. The van der Waals surface area contributed by atoms with Gasteiger partial charge in [-0.05, 0) is 37.0 Å². The fraction of sp³-hybridized carbons (Fsp3) is 0.533. The third kappa shape index (κ3) is 5.74. The molecule has 3 nitrogen and oxygen atoms in total. The number of rotatable bonds is 6. The molecule has 1 rings (SSSR count). The Kier molecular flexibility index (Phi) is 6.01. The van der Waals surface area contributed by atoms with Gasteiger partial charge in [-0.1, -0.05) is 41.9 Å². The van der Waals surface area contributed by atoms with Crippen molar-refractivity contribution >= 4 is 21.8 Å². The van der Waals surface area contributed by atoms with E-state index in [2.05, 4.69) is 21.2 Å². The van der Waals surface area contributed by atoms with Crippen LogP contribution in [0, 0.1) is 0 Å². The van der Waals surface area contributed by atoms with Crippen molar-refractivity contribution in [2.75, 3.05) is 6.54 Å². The molecule has 0 radical (unpaired) electrons. The number of benzene rings is 1. The highest BCUT2D eigenvalue weighted by Crippen LogP contribution is 2.21. The van der Waals surface area contributed by atoms with Crippen LogP contribution in [0.3, 0.4) is 0 Å². The smallest absolute Gasteiger partial charge is 0.220 e. The second-order valence-electron chi connectivity index (χ2n) is 5.28. The summed E-state index contributed by atoms with van der Waals surface area (Å²) < 4.78 is 1.03. The van der Waals surface area contributed by atoms with Crippen LogP contribution < -0.4 is 5.32 Å². The van der Waals surface area contributed by atoms with E-state index < -0.39 is 5.60 Å². The van der Waals surface area contributed by atoms with Gasteiger partial charge in [0.2, 0.25) is 5.91 Å². The number of aliphatic hydroxyl groups is 1. The van der Waals surface area contributed by atoms with Gasteiger partial charge in [0.15, 0.2) is 0 Å². The van der Waals surface area contributed by atoms with Gasteiger partial charge in [0.1, 0.15) is 0 Å². The van der Waals surface area contributed by atoms with E-state index in [1.54, 1.807) is 6.92 Å². The Labute approximate surface area is 123 Å². The summed E-state index contributed by atoms with van der Waals surface area (Å²) in [7, 11) is 0. The minimum Gasteiger partial charge on any atom is -0.388 e. The molecule has 0 aliphatic carbocycles. The number of halogens is 1. The highest BCUT2D eigenvalue weighted by Gasteiger charge is 2.19. The second kappa shape index (κ2) is 7.06. The number of amides is 1. The summed E-state index contributed by atoms with van der Waals surface area (Å²) in [6.45, 7) is 5.96. The second-order valence-corrected chi connectivity index (χ2v) is 6.20. The van der Waals surface area contributed by atoms with Crippen LogP contribution >= 0.6 is 15.9 Å². The monoisotopic (exact) mass is 327 g/mol. The van der Waals surface area contributed by atoms with Crippen LogP contribution in [0.2, 0.25) is 0 Å². The van der Waals surface area contributed by atoms with E-state index in [0.717, 1.165) is 10.0 Å². The molecule has 106 valence electrons. The van der Waals surface area contributed by atoms with Crippen LogP contribution in [0.5, 0.6) is 0 Å². The lowest BCUT2D eigenvalue weighted by atomic mass is 9.97. The Morgan fingerprint density at radius 2 is 2.00 bits per heavy atom. The molecule has 0 fully saturated rings. The normalized spacial score (nSPS) is 15.6. The summed E-state index contributed by atoms with van der Waals surface area (Å²) in [4.78, 5) is 11.8. The first kappa shape index (κ1) is 16.2. The maximum absolute atomic E-state index is 11.8. The van der Waals surface area contributed by atoms with Crippen LogP contribution in [0.1, 0.15) is 45.1 Å². The predicted octanol–water partition coefficient (Wildman–Crippen LogP) is 3.22. The van der Waals surface area contributed by atoms with Crippen LogP contribution in [0.4, 0.5) is 0 Å². The van der Waals surface area contributed by atoms with Gasteiger partial charge >= 0.3 is 0 Å². The van der Waals surface area contributed by atoms with Gasteiger partial charge < -0.3 is 10.4 Å². The molecule has 2 unspecified atom stereocenters. The number of nitrogens with one attached hydrogen (secondary N) is 1. The van der Waals surface area contributed by atoms with Crippen molar-refractivity contribution in [3.05, 3.63) is 34.3 Å². The molecule has 0 aromatic heterocycles. The minimum absolute atomic E-state index is 0.0239. The maximum atomic E-state index is 11.8. The third-order valence-electron chi connectivity index (χ3n) is 3.36. The molecule has 1 aromatic rings. The molecule has 2 N–H and O–H groups in total. The summed E-state index contributed by atoms with van der Waals surface area (Å²) in [5.74, 6) is 0.142. The van der Waals surface area contributed by atoms with Crippen molar-refractivity contribution in [3.8, 4) is 0 Å². The lowest BCUT2D eigenvalue weighted by Crippen LogP contribution is -2.40. The zero-order valence-corrected chi connectivity index (χ0v) is 13.3. The van der Waals surface area contributed by atoms with Crippen LogP contribution in [0.15, 0.2) is 28.7 Å². The molecule has 0 bridgehead atoms. The van der Waals surface area contributed by atoms with Crippen LogP contribution in [-0.2, 0) is 4.79 Å². The summed E-state index contributed by atoms with van der Waals surface area (Å²) >= 11 is 3.39. The third-order valence-corrected chi connectivity index (χ3v) is 3.89. The minimum atomic E-state index is -0.823. The van der Waals surface area contributed by atoms with Crippen molar-refractivity contribution in [2.24, 2.45) is 0 Å². The molecule has 0 spiro atoms. The highest BCUT2D eigenvalue weighted by atomic mass is 79.9. The molecule has 0 saturated carbocycles. The molecule has 0 aliphatic rings. The number of carbonyl (C=O) groups is 1. The molecule has 0 heterocycles. The fourth-order valence-electron chi connectivity index (χ4n) is 1.67. The first-order valence-electron chi connectivity index (χ1n) is 6.58. The van der Waals surface area contributed by atoms with Gasteiger partial charge in [-0.2, -0.15) is 0 Å². The van der Waals surface area contributed by atoms with E-state index in [9.17, 15) is 9.90 Å².